The molecule has 1 aromatic carbocycles. The van der Waals surface area contributed by atoms with Gasteiger partial charge in [0.25, 0.3) is 5.91 Å². The number of anilines is 1. The summed E-state index contributed by atoms with van der Waals surface area (Å²) in [5.74, 6) is -0.256. The van der Waals surface area contributed by atoms with E-state index in [4.69, 9.17) is 11.6 Å². The number of hydrogen-bond acceptors (Lipinski definition) is 4. The number of nitrogens with one attached hydrogen (secondary N) is 1. The number of fused-ring (bicyclic) bond motifs is 1. The monoisotopic (exact) mass is 352 g/mol. The third kappa shape index (κ3) is 3.22. The zero-order valence-electron chi connectivity index (χ0n) is 13.0. The molecule has 0 atom stereocenters. The molecule has 3 heterocycles. The molecule has 4 aromatic rings. The largest absolute Gasteiger partial charge is 0.322 e. The lowest BCUT2D eigenvalue weighted by molar-refractivity contribution is 0.102. The fourth-order valence-corrected chi connectivity index (χ4v) is 2.70. The van der Waals surface area contributed by atoms with E-state index in [2.05, 4.69) is 20.5 Å². The summed E-state index contributed by atoms with van der Waals surface area (Å²) in [5.41, 5.74) is 2.62. The minimum atomic E-state index is -0.256. The van der Waals surface area contributed by atoms with Crippen molar-refractivity contribution in [2.45, 2.75) is 6.54 Å². The van der Waals surface area contributed by atoms with Crippen LogP contribution in [0.4, 0.5) is 5.69 Å². The third-order valence-electron chi connectivity index (χ3n) is 3.66. The van der Waals surface area contributed by atoms with E-state index in [1.165, 1.54) is 6.20 Å². The second-order valence-corrected chi connectivity index (χ2v) is 5.89. The maximum atomic E-state index is 12.5. The Bertz CT molecular complexity index is 1050. The van der Waals surface area contributed by atoms with Gasteiger partial charge in [-0.05, 0) is 23.8 Å². The summed E-state index contributed by atoms with van der Waals surface area (Å²) < 4.78 is 3.30. The van der Waals surface area contributed by atoms with Crippen LogP contribution in [-0.2, 0) is 6.54 Å². The number of aromatic nitrogens is 5. The van der Waals surface area contributed by atoms with Gasteiger partial charge in [-0.2, -0.15) is 10.2 Å². The Hall–Kier alpha value is -3.19. The fourth-order valence-electron chi connectivity index (χ4n) is 2.55. The number of benzene rings is 1. The molecular weight excluding hydrogens is 340 g/mol. The average molecular weight is 353 g/mol. The second-order valence-electron chi connectivity index (χ2n) is 5.46. The molecule has 124 valence electrons. The van der Waals surface area contributed by atoms with Crippen molar-refractivity contribution in [2.75, 3.05) is 5.32 Å². The van der Waals surface area contributed by atoms with Crippen molar-refractivity contribution in [3.63, 3.8) is 0 Å². The van der Waals surface area contributed by atoms with Gasteiger partial charge in [0.15, 0.2) is 5.65 Å². The van der Waals surface area contributed by atoms with E-state index in [0.29, 0.717) is 28.5 Å². The van der Waals surface area contributed by atoms with E-state index in [-0.39, 0.29) is 5.91 Å². The molecule has 1 amide bonds. The molecule has 0 bridgehead atoms. The number of carbonyl (C=O) groups excluding carboxylic acids is 1. The molecule has 0 aliphatic carbocycles. The molecule has 0 saturated heterocycles. The lowest BCUT2D eigenvalue weighted by Crippen LogP contribution is -2.12. The maximum Gasteiger partial charge on any atom is 0.261 e. The molecule has 1 N–H and O–H groups in total. The first-order chi connectivity index (χ1) is 12.2. The van der Waals surface area contributed by atoms with Gasteiger partial charge in [0, 0.05) is 24.3 Å². The molecule has 0 saturated carbocycles. The Kier molecular flexibility index (Phi) is 3.91. The molecule has 0 unspecified atom stereocenters. The van der Waals surface area contributed by atoms with Gasteiger partial charge in [0.1, 0.15) is 5.56 Å². The van der Waals surface area contributed by atoms with Crippen molar-refractivity contribution in [1.82, 2.24) is 24.4 Å². The molecule has 3 aromatic heterocycles. The van der Waals surface area contributed by atoms with E-state index < -0.39 is 0 Å². The van der Waals surface area contributed by atoms with Crippen molar-refractivity contribution in [3.05, 3.63) is 77.5 Å². The van der Waals surface area contributed by atoms with Gasteiger partial charge >= 0.3 is 0 Å². The van der Waals surface area contributed by atoms with Crippen molar-refractivity contribution in [3.8, 4) is 0 Å². The van der Waals surface area contributed by atoms with Crippen LogP contribution in [0.25, 0.3) is 5.65 Å². The minimum absolute atomic E-state index is 0.256. The number of rotatable bonds is 4. The van der Waals surface area contributed by atoms with Gasteiger partial charge in [-0.3, -0.25) is 9.48 Å². The van der Waals surface area contributed by atoms with E-state index >= 15 is 0 Å². The van der Waals surface area contributed by atoms with E-state index in [1.54, 1.807) is 40.1 Å². The summed E-state index contributed by atoms with van der Waals surface area (Å²) in [6.07, 6.45) is 8.22. The molecule has 0 fully saturated rings. The summed E-state index contributed by atoms with van der Waals surface area (Å²) >= 11 is 5.88. The lowest BCUT2D eigenvalue weighted by Gasteiger charge is -2.07. The topological polar surface area (TPSA) is 77.1 Å². The third-order valence-corrected chi connectivity index (χ3v) is 3.85. The second kappa shape index (κ2) is 6.37. The number of hydrogen-bond donors (Lipinski definition) is 1. The van der Waals surface area contributed by atoms with Crippen LogP contribution in [0.1, 0.15) is 15.9 Å². The zero-order valence-corrected chi connectivity index (χ0v) is 13.8. The molecule has 4 rings (SSSR count). The van der Waals surface area contributed by atoms with Gasteiger partial charge in [-0.15, -0.1) is 0 Å². The van der Waals surface area contributed by atoms with E-state index in [1.807, 2.05) is 24.3 Å². The fraction of sp³-hybridized carbons (Fsp3) is 0.0588. The molecule has 8 heteroatoms. The van der Waals surface area contributed by atoms with Crippen molar-refractivity contribution >= 4 is 28.8 Å². The molecule has 0 aliphatic heterocycles. The first kappa shape index (κ1) is 15.3. The van der Waals surface area contributed by atoms with Crippen LogP contribution >= 0.6 is 11.6 Å². The Labute approximate surface area is 147 Å². The molecule has 0 radical (unpaired) electrons. The van der Waals surface area contributed by atoms with Crippen molar-refractivity contribution in [2.24, 2.45) is 0 Å². The number of carbonyl (C=O) groups is 1. The molecule has 7 nitrogen and oxygen atoms in total. The maximum absolute atomic E-state index is 12.5. The Balaban J connectivity index is 1.54. The SMILES string of the molecule is O=C(Nc1cccc(Cn2cc(Cl)cn2)c1)c1cnn2cccnc12. The summed E-state index contributed by atoms with van der Waals surface area (Å²) in [5, 5.41) is 11.7. The molecule has 0 spiro atoms. The van der Waals surface area contributed by atoms with Gasteiger partial charge in [-0.25, -0.2) is 9.50 Å². The highest BCUT2D eigenvalue weighted by molar-refractivity contribution is 6.30. The van der Waals surface area contributed by atoms with Gasteiger partial charge < -0.3 is 5.32 Å². The van der Waals surface area contributed by atoms with Crippen molar-refractivity contribution < 1.29 is 4.79 Å². The van der Waals surface area contributed by atoms with Crippen LogP contribution in [-0.4, -0.2) is 30.3 Å². The minimum Gasteiger partial charge on any atom is -0.322 e. The summed E-state index contributed by atoms with van der Waals surface area (Å²) in [6.45, 7) is 0.564. The zero-order chi connectivity index (χ0) is 17.2. The first-order valence-corrected chi connectivity index (χ1v) is 7.93. The summed E-state index contributed by atoms with van der Waals surface area (Å²) in [6, 6.07) is 9.32. The Morgan fingerprint density at radius 1 is 1.20 bits per heavy atom. The summed E-state index contributed by atoms with van der Waals surface area (Å²) in [7, 11) is 0. The quantitative estimate of drug-likeness (QED) is 0.612. The first-order valence-electron chi connectivity index (χ1n) is 7.56. The van der Waals surface area contributed by atoms with E-state index in [0.717, 1.165) is 5.56 Å². The van der Waals surface area contributed by atoms with E-state index in [9.17, 15) is 4.79 Å². The van der Waals surface area contributed by atoms with Gasteiger partial charge in [0.05, 0.1) is 24.0 Å². The van der Waals surface area contributed by atoms with Gasteiger partial charge in [0.2, 0.25) is 0 Å². The normalized spacial score (nSPS) is 10.9. The summed E-state index contributed by atoms with van der Waals surface area (Å²) in [4.78, 5) is 16.7. The van der Waals surface area contributed by atoms with Crippen LogP contribution in [0, 0.1) is 0 Å². The van der Waals surface area contributed by atoms with Crippen molar-refractivity contribution in [1.29, 1.82) is 0 Å². The Morgan fingerprint density at radius 2 is 2.12 bits per heavy atom. The number of amides is 1. The smallest absolute Gasteiger partial charge is 0.261 e. The molecule has 25 heavy (non-hydrogen) atoms. The Morgan fingerprint density at radius 3 is 2.96 bits per heavy atom. The number of nitrogens with zero attached hydrogens (tertiary/aromatic N) is 5. The highest BCUT2D eigenvalue weighted by Gasteiger charge is 2.13. The van der Waals surface area contributed by atoms with Crippen LogP contribution in [0.3, 0.4) is 0 Å². The van der Waals surface area contributed by atoms with Crippen LogP contribution in [0.5, 0.6) is 0 Å². The van der Waals surface area contributed by atoms with Crippen LogP contribution in [0.2, 0.25) is 5.02 Å². The van der Waals surface area contributed by atoms with Gasteiger partial charge in [-0.1, -0.05) is 23.7 Å². The van der Waals surface area contributed by atoms with Crippen LogP contribution < -0.4 is 5.32 Å². The number of halogens is 1. The predicted molar refractivity (Wildman–Crippen MR) is 93.7 cm³/mol. The molecular formula is C17H13ClN6O. The highest BCUT2D eigenvalue weighted by atomic mass is 35.5. The standard InChI is InChI=1S/C17H13ClN6O/c18-13-8-20-23(11-13)10-12-3-1-4-14(7-12)22-17(25)15-9-21-24-6-2-5-19-16(15)24/h1-9,11H,10H2,(H,22,25). The van der Waals surface area contributed by atoms with Crippen LogP contribution in [0.15, 0.2) is 61.3 Å². The average Bonchev–Trinajstić information content (AvgIpc) is 3.21. The predicted octanol–water partition coefficient (Wildman–Crippen LogP) is 2.88. The molecule has 0 aliphatic rings. The highest BCUT2D eigenvalue weighted by Crippen LogP contribution is 2.15. The lowest BCUT2D eigenvalue weighted by atomic mass is 10.2.